The van der Waals surface area contributed by atoms with Gasteiger partial charge in [0.1, 0.15) is 22.8 Å². The molecule has 1 rings (SSSR count). The van der Waals surface area contributed by atoms with E-state index in [2.05, 4.69) is 11.8 Å². The normalized spacial score (nSPS) is 14.8. The van der Waals surface area contributed by atoms with E-state index in [9.17, 15) is 9.70 Å². The molecule has 0 saturated heterocycles. The van der Waals surface area contributed by atoms with E-state index in [0.717, 1.165) is 0 Å². The van der Waals surface area contributed by atoms with Gasteiger partial charge in [-0.3, -0.25) is 4.79 Å². The molecular formula is C16H15NO3. The van der Waals surface area contributed by atoms with E-state index in [1.807, 2.05) is 0 Å². The van der Waals surface area contributed by atoms with Crippen LogP contribution in [0.1, 0.15) is 6.92 Å². The van der Waals surface area contributed by atoms with Gasteiger partial charge in [0, 0.05) is 5.57 Å². The highest BCUT2D eigenvalue weighted by Gasteiger charge is 2.04. The molecule has 0 atom stereocenters. The SMILES string of the molecule is C=C/C=C\C=c1\cc/c(=C(\C=C/C=O)C(=C\C)/N=O)o1. The van der Waals surface area contributed by atoms with Crippen LogP contribution < -0.4 is 10.8 Å². The lowest BCUT2D eigenvalue weighted by Gasteiger charge is -1.95. The highest BCUT2D eigenvalue weighted by molar-refractivity contribution is 5.77. The van der Waals surface area contributed by atoms with Gasteiger partial charge in [-0.15, -0.1) is 4.91 Å². The molecule has 0 aliphatic rings. The fourth-order valence-electron chi connectivity index (χ4n) is 1.50. The first kappa shape index (κ1) is 15.3. The Hall–Kier alpha value is -2.75. The van der Waals surface area contributed by atoms with Crippen molar-refractivity contribution in [1.82, 2.24) is 0 Å². The largest absolute Gasteiger partial charge is 0.457 e. The third-order valence-electron chi connectivity index (χ3n) is 2.39. The summed E-state index contributed by atoms with van der Waals surface area (Å²) in [5, 5.41) is 2.93. The molecule has 20 heavy (non-hydrogen) atoms. The lowest BCUT2D eigenvalue weighted by Crippen LogP contribution is -2.04. The van der Waals surface area contributed by atoms with Crippen molar-refractivity contribution in [3.63, 3.8) is 0 Å². The molecule has 1 aromatic rings. The second-order valence-corrected chi connectivity index (χ2v) is 3.66. The van der Waals surface area contributed by atoms with Gasteiger partial charge in [0.2, 0.25) is 0 Å². The molecule has 0 aromatic carbocycles. The van der Waals surface area contributed by atoms with E-state index >= 15 is 0 Å². The van der Waals surface area contributed by atoms with Gasteiger partial charge < -0.3 is 4.42 Å². The van der Waals surface area contributed by atoms with Crippen LogP contribution in [0.25, 0.3) is 11.6 Å². The number of nitroso groups, excluding NO2 is 1. The number of allylic oxidation sites excluding steroid dienone is 6. The molecule has 0 bridgehead atoms. The molecule has 4 heteroatoms. The molecule has 0 N–H and O–H groups in total. The van der Waals surface area contributed by atoms with Crippen LogP contribution in [-0.2, 0) is 4.79 Å². The van der Waals surface area contributed by atoms with Gasteiger partial charge in [0.25, 0.3) is 0 Å². The summed E-state index contributed by atoms with van der Waals surface area (Å²) in [6, 6.07) is 3.47. The molecular weight excluding hydrogens is 254 g/mol. The summed E-state index contributed by atoms with van der Waals surface area (Å²) in [4.78, 5) is 21.2. The lowest BCUT2D eigenvalue weighted by molar-refractivity contribution is -0.104. The average molecular weight is 269 g/mol. The summed E-state index contributed by atoms with van der Waals surface area (Å²) in [5.74, 6) is 0. The molecule has 0 fully saturated rings. The fraction of sp³-hybridized carbons (Fsp3) is 0.0625. The van der Waals surface area contributed by atoms with Crippen molar-refractivity contribution in [2.45, 2.75) is 6.92 Å². The Morgan fingerprint density at radius 3 is 2.70 bits per heavy atom. The van der Waals surface area contributed by atoms with Gasteiger partial charge in [-0.25, -0.2) is 0 Å². The molecule has 0 aliphatic heterocycles. The summed E-state index contributed by atoms with van der Waals surface area (Å²) < 4.78 is 5.59. The van der Waals surface area contributed by atoms with Crippen LogP contribution >= 0.6 is 0 Å². The van der Waals surface area contributed by atoms with E-state index in [-0.39, 0.29) is 5.70 Å². The first-order chi connectivity index (χ1) is 9.76. The van der Waals surface area contributed by atoms with Crippen LogP contribution in [-0.4, -0.2) is 6.29 Å². The predicted octanol–water partition coefficient (Wildman–Crippen LogP) is 2.38. The fourth-order valence-corrected chi connectivity index (χ4v) is 1.50. The van der Waals surface area contributed by atoms with Crippen molar-refractivity contribution in [3.05, 3.63) is 76.6 Å². The van der Waals surface area contributed by atoms with Gasteiger partial charge in [-0.1, -0.05) is 30.9 Å². The minimum atomic E-state index is 0.214. The minimum absolute atomic E-state index is 0.214. The van der Waals surface area contributed by atoms with Crippen molar-refractivity contribution in [2.75, 3.05) is 0 Å². The highest BCUT2D eigenvalue weighted by Crippen LogP contribution is 2.12. The number of furan rings is 1. The molecule has 0 unspecified atom stereocenters. The molecule has 102 valence electrons. The Bertz CT molecular complexity index is 688. The van der Waals surface area contributed by atoms with Crippen LogP contribution in [0.3, 0.4) is 0 Å². The van der Waals surface area contributed by atoms with E-state index < -0.39 is 0 Å². The first-order valence-corrected chi connectivity index (χ1v) is 5.98. The maximum absolute atomic E-state index is 10.8. The predicted molar refractivity (Wildman–Crippen MR) is 79.9 cm³/mol. The molecule has 0 saturated carbocycles. The molecule has 0 spiro atoms. The summed E-state index contributed by atoms with van der Waals surface area (Å²) in [5.41, 5.74) is 1.76. The van der Waals surface area contributed by atoms with Crippen molar-refractivity contribution < 1.29 is 9.21 Å². The zero-order valence-electron chi connectivity index (χ0n) is 11.2. The molecule has 0 aliphatic carbocycles. The van der Waals surface area contributed by atoms with E-state index in [1.54, 1.807) is 49.4 Å². The maximum Gasteiger partial charge on any atom is 0.142 e. The average Bonchev–Trinajstić information content (AvgIpc) is 2.92. The highest BCUT2D eigenvalue weighted by atomic mass is 16.3. The van der Waals surface area contributed by atoms with Crippen LogP contribution in [0.2, 0.25) is 0 Å². The Morgan fingerprint density at radius 1 is 1.30 bits per heavy atom. The summed E-state index contributed by atoms with van der Waals surface area (Å²) in [6.45, 7) is 5.25. The summed E-state index contributed by atoms with van der Waals surface area (Å²) in [7, 11) is 0. The van der Waals surface area contributed by atoms with E-state index in [0.29, 0.717) is 22.7 Å². The van der Waals surface area contributed by atoms with Crippen molar-refractivity contribution in [1.29, 1.82) is 0 Å². The van der Waals surface area contributed by atoms with Gasteiger partial charge in [-0.2, -0.15) is 0 Å². The Morgan fingerprint density at radius 2 is 2.10 bits per heavy atom. The second-order valence-electron chi connectivity index (χ2n) is 3.66. The van der Waals surface area contributed by atoms with Crippen molar-refractivity contribution in [3.8, 4) is 0 Å². The van der Waals surface area contributed by atoms with E-state index in [1.165, 1.54) is 12.2 Å². The Labute approximate surface area is 116 Å². The molecule has 0 amide bonds. The van der Waals surface area contributed by atoms with E-state index in [4.69, 9.17) is 4.42 Å². The number of carbonyl (C=O) groups excluding carboxylic acids is 1. The van der Waals surface area contributed by atoms with Crippen LogP contribution in [0, 0.1) is 4.91 Å². The maximum atomic E-state index is 10.8. The standard InChI is InChI=1S/C16H15NO3/c1-3-5-6-8-13-10-11-16(20-13)14(9-7-12-18)15(4-2)17-19/h3-12H,1H2,2H3/b6-5-,9-7-,13-8-,15-4+,16-14-. The van der Waals surface area contributed by atoms with Crippen LogP contribution in [0.5, 0.6) is 0 Å². The zero-order valence-corrected chi connectivity index (χ0v) is 11.2. The lowest BCUT2D eigenvalue weighted by atomic mass is 10.1. The number of hydrogen-bond acceptors (Lipinski definition) is 4. The van der Waals surface area contributed by atoms with Gasteiger partial charge in [0.15, 0.2) is 0 Å². The van der Waals surface area contributed by atoms with Crippen LogP contribution in [0.15, 0.2) is 70.5 Å². The third kappa shape index (κ3) is 4.17. The topological polar surface area (TPSA) is 59.6 Å². The van der Waals surface area contributed by atoms with Crippen LogP contribution in [0.4, 0.5) is 0 Å². The minimum Gasteiger partial charge on any atom is -0.457 e. The van der Waals surface area contributed by atoms with Gasteiger partial charge >= 0.3 is 0 Å². The number of hydrogen-bond donors (Lipinski definition) is 0. The number of aldehydes is 1. The quantitative estimate of drug-likeness (QED) is 0.345. The first-order valence-electron chi connectivity index (χ1n) is 5.98. The van der Waals surface area contributed by atoms with Crippen molar-refractivity contribution in [2.24, 2.45) is 5.18 Å². The molecule has 1 aromatic heterocycles. The molecule has 1 heterocycles. The van der Waals surface area contributed by atoms with Crippen molar-refractivity contribution >= 4 is 17.9 Å². The second kappa shape index (κ2) is 8.37. The monoisotopic (exact) mass is 269 g/mol. The zero-order chi connectivity index (χ0) is 14.8. The number of carbonyl (C=O) groups is 1. The summed E-state index contributed by atoms with van der Waals surface area (Å²) >= 11 is 0. The van der Waals surface area contributed by atoms with Gasteiger partial charge in [0.05, 0.1) is 0 Å². The smallest absolute Gasteiger partial charge is 0.142 e. The number of rotatable bonds is 6. The molecule has 4 nitrogen and oxygen atoms in total. The Balaban J connectivity index is 3.43. The summed E-state index contributed by atoms with van der Waals surface area (Å²) in [6.07, 6.45) is 11.9. The molecule has 0 radical (unpaired) electrons. The Kier molecular flexibility index (Phi) is 6.41. The third-order valence-corrected chi connectivity index (χ3v) is 2.39. The number of nitrogens with zero attached hydrogens (tertiary/aromatic N) is 1. The van der Waals surface area contributed by atoms with Gasteiger partial charge in [-0.05, 0) is 42.5 Å².